The minimum Gasteiger partial charge on any atom is -0.792 e. The fourth-order valence-electron chi connectivity index (χ4n) is 2.36. The SMILES string of the molecule is CN(C)c1ccc(N=Nc2ccc(C(=O)NC(CS)C(=O)CC[S-])cc2)cc1.[CH3-].[K+].[NH2-].[Y]. The molecule has 1 amide bonds. The number of nitrogens with one attached hydrogen (secondary N) is 1. The smallest absolute Gasteiger partial charge is 0.792 e. The number of anilines is 1. The number of rotatable bonds is 9. The minimum absolute atomic E-state index is 0. The van der Waals surface area contributed by atoms with Crippen molar-refractivity contribution in [3.05, 3.63) is 67.7 Å². The van der Waals surface area contributed by atoms with Gasteiger partial charge in [0.2, 0.25) is 0 Å². The molecule has 32 heavy (non-hydrogen) atoms. The number of hydrogen-bond donors (Lipinski definition) is 2. The van der Waals surface area contributed by atoms with E-state index in [9.17, 15) is 9.59 Å². The van der Waals surface area contributed by atoms with Crippen molar-refractivity contribution in [2.75, 3.05) is 30.5 Å². The number of thiol groups is 1. The summed E-state index contributed by atoms with van der Waals surface area (Å²) in [6.07, 6.45) is 0.246. The van der Waals surface area contributed by atoms with Crippen LogP contribution in [0.25, 0.3) is 6.15 Å². The Bertz CT molecular complexity index is 837. The van der Waals surface area contributed by atoms with Crippen LogP contribution in [0.1, 0.15) is 16.8 Å². The van der Waals surface area contributed by atoms with E-state index in [-0.39, 0.29) is 122 Å². The van der Waals surface area contributed by atoms with Crippen LogP contribution in [0.15, 0.2) is 58.8 Å². The predicted molar refractivity (Wildman–Crippen MR) is 130 cm³/mol. The average Bonchev–Trinajstić information content (AvgIpc) is 2.71. The van der Waals surface area contributed by atoms with E-state index in [0.29, 0.717) is 17.0 Å². The van der Waals surface area contributed by atoms with Crippen LogP contribution in [0.3, 0.4) is 0 Å². The molecule has 167 valence electrons. The van der Waals surface area contributed by atoms with Gasteiger partial charge in [0.05, 0.1) is 17.4 Å². The van der Waals surface area contributed by atoms with Gasteiger partial charge in [0.1, 0.15) is 0 Å². The van der Waals surface area contributed by atoms with E-state index in [1.54, 1.807) is 24.3 Å². The molecule has 0 aliphatic rings. The minimum atomic E-state index is -0.636. The summed E-state index contributed by atoms with van der Waals surface area (Å²) in [6.45, 7) is 0. The summed E-state index contributed by atoms with van der Waals surface area (Å²) < 4.78 is 0. The maximum Gasteiger partial charge on any atom is 1.00 e. The van der Waals surface area contributed by atoms with Crippen molar-refractivity contribution in [3.63, 3.8) is 0 Å². The molecular weight excluding hydrogens is 546 g/mol. The molecular formula is C21H28KN5O2S2Y-2. The van der Waals surface area contributed by atoms with Crippen molar-refractivity contribution < 1.29 is 93.7 Å². The number of Topliss-reactive ketones (excluding diaryl/α,β-unsaturated/α-hetero) is 1. The Labute approximate surface area is 270 Å². The zero-order valence-corrected chi connectivity index (χ0v) is 26.7. The van der Waals surface area contributed by atoms with Crippen LogP contribution >= 0.6 is 12.6 Å². The zero-order valence-electron chi connectivity index (χ0n) is 19.0. The fourth-order valence-corrected chi connectivity index (χ4v) is 2.85. The van der Waals surface area contributed by atoms with Crippen molar-refractivity contribution in [1.82, 2.24) is 5.32 Å². The molecule has 2 aromatic carbocycles. The molecule has 2 aromatic rings. The standard InChI is InChI=1S/C20H24N4O2S2.CH3.K.H2N.Y/c1-24(2)17-9-7-16(8-10-17)23-22-15-5-3-14(4-6-15)20(26)21-18(13-28)19(25)11-12-27;;;;/h3-10,18,27-28H,11-13H2,1-2H3,(H,21,26);1H3;;1H2;/q;-1;+1;-1;/p-1. The van der Waals surface area contributed by atoms with Crippen LogP contribution < -0.4 is 61.6 Å². The molecule has 0 bridgehead atoms. The van der Waals surface area contributed by atoms with Crippen LogP contribution in [0.2, 0.25) is 0 Å². The predicted octanol–water partition coefficient (Wildman–Crippen LogP) is 1.87. The summed E-state index contributed by atoms with van der Waals surface area (Å²) in [4.78, 5) is 26.2. The van der Waals surface area contributed by atoms with E-state index in [1.165, 1.54) is 0 Å². The van der Waals surface area contributed by atoms with Gasteiger partial charge in [-0.3, -0.25) is 9.59 Å². The Morgan fingerprint density at radius 3 is 1.91 bits per heavy atom. The number of nitrogens with zero attached hydrogens (tertiary/aromatic N) is 3. The van der Waals surface area contributed by atoms with Crippen molar-refractivity contribution >= 4 is 54.0 Å². The largest absolute Gasteiger partial charge is 1.00 e. The summed E-state index contributed by atoms with van der Waals surface area (Å²) in [5.41, 5.74) is 2.89. The van der Waals surface area contributed by atoms with E-state index < -0.39 is 6.04 Å². The second-order valence-corrected chi connectivity index (χ2v) is 7.06. The van der Waals surface area contributed by atoms with E-state index >= 15 is 0 Å². The maximum absolute atomic E-state index is 12.3. The molecule has 1 atom stereocenters. The van der Waals surface area contributed by atoms with Crippen molar-refractivity contribution in [1.29, 1.82) is 0 Å². The molecule has 0 fully saturated rings. The Hall–Kier alpha value is 0.380. The van der Waals surface area contributed by atoms with E-state index in [0.717, 1.165) is 11.4 Å². The van der Waals surface area contributed by atoms with Crippen LogP contribution in [-0.4, -0.2) is 43.3 Å². The molecule has 2 rings (SSSR count). The molecule has 1 radical (unpaired) electrons. The van der Waals surface area contributed by atoms with Gasteiger partial charge in [-0.25, -0.2) is 0 Å². The number of nitrogens with two attached hydrogens (primary N) is 1. The molecule has 0 aliphatic heterocycles. The Balaban J connectivity index is -0.00000210. The number of carbonyl (C=O) groups excluding carboxylic acids is 2. The quantitative estimate of drug-likeness (QED) is 0.157. The molecule has 7 nitrogen and oxygen atoms in total. The van der Waals surface area contributed by atoms with Crippen LogP contribution in [0, 0.1) is 7.43 Å². The maximum atomic E-state index is 12.3. The third-order valence-electron chi connectivity index (χ3n) is 4.00. The third kappa shape index (κ3) is 12.2. The normalized spacial score (nSPS) is 10.5. The Kier molecular flexibility index (Phi) is 22.7. The van der Waals surface area contributed by atoms with Gasteiger partial charge in [-0.2, -0.15) is 28.6 Å². The second kappa shape index (κ2) is 19.7. The Morgan fingerprint density at radius 2 is 1.50 bits per heavy atom. The van der Waals surface area contributed by atoms with Gasteiger partial charge in [-0.15, -0.1) is 0 Å². The number of benzene rings is 2. The molecule has 0 saturated carbocycles. The van der Waals surface area contributed by atoms with E-state index in [2.05, 4.69) is 28.2 Å². The number of azo groups is 1. The monoisotopic (exact) mass is 574 g/mol. The first kappa shape index (κ1) is 36.9. The molecule has 0 spiro atoms. The van der Waals surface area contributed by atoms with Gasteiger partial charge >= 0.3 is 51.4 Å². The van der Waals surface area contributed by atoms with Gasteiger partial charge in [-0.1, -0.05) is 0 Å². The average molecular weight is 575 g/mol. The summed E-state index contributed by atoms with van der Waals surface area (Å²) in [5, 5.41) is 11.1. The molecule has 11 heteroatoms. The molecule has 1 unspecified atom stereocenters. The topological polar surface area (TPSA) is 108 Å². The number of amides is 1. The second-order valence-electron chi connectivity index (χ2n) is 6.29. The van der Waals surface area contributed by atoms with Crippen LogP contribution in [0.4, 0.5) is 17.1 Å². The molecule has 0 aliphatic carbocycles. The molecule has 0 aromatic heterocycles. The van der Waals surface area contributed by atoms with E-state index in [1.807, 2.05) is 43.3 Å². The van der Waals surface area contributed by atoms with Crippen molar-refractivity contribution in [3.8, 4) is 0 Å². The molecule has 0 saturated heterocycles. The summed E-state index contributed by atoms with van der Waals surface area (Å²) in [6, 6.07) is 13.8. The van der Waals surface area contributed by atoms with Gasteiger partial charge in [-0.05, 0) is 55.0 Å². The molecule has 3 N–H and O–H groups in total. The Morgan fingerprint density at radius 1 is 1.03 bits per heavy atom. The summed E-state index contributed by atoms with van der Waals surface area (Å²) in [7, 11) is 3.95. The number of carbonyl (C=O) groups is 2. The first-order chi connectivity index (χ1) is 13.4. The number of hydrogen-bond acceptors (Lipinski definition) is 7. The molecule has 0 heterocycles. The third-order valence-corrected chi connectivity index (χ3v) is 4.57. The van der Waals surface area contributed by atoms with Gasteiger partial charge < -0.3 is 36.4 Å². The van der Waals surface area contributed by atoms with Gasteiger partial charge in [0, 0.05) is 63.8 Å². The van der Waals surface area contributed by atoms with Crippen molar-refractivity contribution in [2.45, 2.75) is 12.5 Å². The fraction of sp³-hybridized carbons (Fsp3) is 0.286. The first-order valence-corrected chi connectivity index (χ1v) is 9.97. The first-order valence-electron chi connectivity index (χ1n) is 8.76. The summed E-state index contributed by atoms with van der Waals surface area (Å²) >= 11 is 8.95. The van der Waals surface area contributed by atoms with Gasteiger partial charge in [0.25, 0.3) is 5.91 Å². The van der Waals surface area contributed by atoms with Crippen LogP contribution in [0.5, 0.6) is 0 Å². The summed E-state index contributed by atoms with van der Waals surface area (Å²) in [5.74, 6) is 0.124. The zero-order chi connectivity index (χ0) is 20.5. The van der Waals surface area contributed by atoms with E-state index in [4.69, 9.17) is 12.6 Å². The van der Waals surface area contributed by atoms with Crippen LogP contribution in [-0.2, 0) is 50.1 Å². The number of ketones is 1. The van der Waals surface area contributed by atoms with Crippen molar-refractivity contribution in [2.24, 2.45) is 10.2 Å². The van der Waals surface area contributed by atoms with Gasteiger partial charge in [0.15, 0.2) is 5.78 Å².